The number of amides is 1. The highest BCUT2D eigenvalue weighted by Gasteiger charge is 2.38. The summed E-state index contributed by atoms with van der Waals surface area (Å²) >= 11 is 1.84. The number of carbonyl (C=O) groups excluding carboxylic acids is 1. The molecule has 4 nitrogen and oxygen atoms in total. The molecule has 0 saturated carbocycles. The van der Waals surface area contributed by atoms with Crippen molar-refractivity contribution in [2.45, 2.75) is 38.3 Å². The van der Waals surface area contributed by atoms with E-state index in [2.05, 4.69) is 38.4 Å². The minimum Gasteiger partial charge on any atom is -0.339 e. The minimum absolute atomic E-state index is 0.337. The van der Waals surface area contributed by atoms with Crippen LogP contribution in [-0.4, -0.2) is 46.4 Å². The number of pyridine rings is 1. The number of carbonyl (C=O) groups is 1. The molecule has 5 heteroatoms. The molecule has 2 aromatic rings. The second-order valence-corrected chi connectivity index (χ2v) is 8.16. The van der Waals surface area contributed by atoms with E-state index in [1.165, 1.54) is 4.88 Å². The van der Waals surface area contributed by atoms with E-state index in [4.69, 9.17) is 0 Å². The van der Waals surface area contributed by atoms with Crippen molar-refractivity contribution in [1.82, 2.24) is 14.8 Å². The highest BCUT2D eigenvalue weighted by molar-refractivity contribution is 7.09. The topological polar surface area (TPSA) is 36.4 Å². The van der Waals surface area contributed by atoms with Gasteiger partial charge in [-0.05, 0) is 42.3 Å². The molecule has 2 saturated heterocycles. The molecule has 132 valence electrons. The average Bonchev–Trinajstić information content (AvgIpc) is 3.15. The molecule has 2 aliphatic rings. The van der Waals surface area contributed by atoms with Crippen molar-refractivity contribution >= 4 is 17.2 Å². The Hall–Kier alpha value is -1.72. The van der Waals surface area contributed by atoms with Crippen molar-refractivity contribution < 1.29 is 4.79 Å². The summed E-state index contributed by atoms with van der Waals surface area (Å²) in [6, 6.07) is 10.8. The lowest BCUT2D eigenvalue weighted by Crippen LogP contribution is -2.56. The third kappa shape index (κ3) is 3.93. The summed E-state index contributed by atoms with van der Waals surface area (Å²) in [5.41, 5.74) is 1.08. The number of hydrogen-bond donors (Lipinski definition) is 0. The van der Waals surface area contributed by atoms with Gasteiger partial charge in [-0.2, -0.15) is 0 Å². The molecule has 2 fully saturated rings. The smallest absolute Gasteiger partial charge is 0.222 e. The quantitative estimate of drug-likeness (QED) is 0.826. The molecule has 0 unspecified atom stereocenters. The summed E-state index contributed by atoms with van der Waals surface area (Å²) in [5.74, 6) is 0.957. The zero-order valence-corrected chi connectivity index (χ0v) is 15.3. The number of thiophene rings is 1. The Labute approximate surface area is 153 Å². The standard InChI is InChI=1S/C20H25N3OS/c24-20-7-6-16-14-22(15-18-5-3-13-25-18)11-9-19(16)23(20)12-8-17-4-1-2-10-21-17/h1-5,10,13,16,19H,6-9,11-12,14-15H2/t16-,19+/m1/s1. The van der Waals surface area contributed by atoms with Crippen molar-refractivity contribution in [2.75, 3.05) is 19.6 Å². The Balaban J connectivity index is 1.37. The molecule has 4 heterocycles. The van der Waals surface area contributed by atoms with Crippen molar-refractivity contribution in [1.29, 1.82) is 0 Å². The van der Waals surface area contributed by atoms with E-state index in [0.29, 0.717) is 24.3 Å². The van der Waals surface area contributed by atoms with Crippen LogP contribution < -0.4 is 0 Å². The number of nitrogens with zero attached hydrogens (tertiary/aromatic N) is 3. The van der Waals surface area contributed by atoms with Crippen molar-refractivity contribution in [3.63, 3.8) is 0 Å². The van der Waals surface area contributed by atoms with Crippen LogP contribution in [0.1, 0.15) is 29.8 Å². The third-order valence-corrected chi connectivity index (χ3v) is 6.38. The molecule has 25 heavy (non-hydrogen) atoms. The molecular formula is C20H25N3OS. The first-order valence-corrected chi connectivity index (χ1v) is 10.1. The van der Waals surface area contributed by atoms with Gasteiger partial charge < -0.3 is 4.90 Å². The average molecular weight is 356 g/mol. The van der Waals surface area contributed by atoms with Crippen LogP contribution in [0.2, 0.25) is 0 Å². The number of hydrogen-bond acceptors (Lipinski definition) is 4. The van der Waals surface area contributed by atoms with Crippen LogP contribution >= 0.6 is 11.3 Å². The summed E-state index contributed by atoms with van der Waals surface area (Å²) in [5, 5.41) is 2.15. The number of piperidine rings is 2. The van der Waals surface area contributed by atoms with Crippen molar-refractivity contribution in [3.8, 4) is 0 Å². The van der Waals surface area contributed by atoms with Gasteiger partial charge in [0.15, 0.2) is 0 Å². The van der Waals surface area contributed by atoms with Crippen LogP contribution in [0.25, 0.3) is 0 Å². The van der Waals surface area contributed by atoms with E-state index in [0.717, 1.165) is 51.1 Å². The van der Waals surface area contributed by atoms with Crippen LogP contribution in [0.5, 0.6) is 0 Å². The van der Waals surface area contributed by atoms with Gasteiger partial charge in [0.05, 0.1) is 0 Å². The zero-order valence-electron chi connectivity index (χ0n) is 14.5. The van der Waals surface area contributed by atoms with Crippen LogP contribution in [0.3, 0.4) is 0 Å². The lowest BCUT2D eigenvalue weighted by molar-refractivity contribution is -0.141. The van der Waals surface area contributed by atoms with Gasteiger partial charge in [-0.25, -0.2) is 0 Å². The van der Waals surface area contributed by atoms with E-state index in [1.807, 2.05) is 29.7 Å². The molecule has 0 spiro atoms. The largest absolute Gasteiger partial charge is 0.339 e. The number of rotatable bonds is 5. The fraction of sp³-hybridized carbons (Fsp3) is 0.500. The molecule has 0 aliphatic carbocycles. The van der Waals surface area contributed by atoms with Crippen LogP contribution in [-0.2, 0) is 17.8 Å². The zero-order chi connectivity index (χ0) is 17.1. The third-order valence-electron chi connectivity index (χ3n) is 5.52. The van der Waals surface area contributed by atoms with Gasteiger partial charge in [0.25, 0.3) is 0 Å². The SMILES string of the molecule is O=C1CC[C@@H]2CN(Cc3cccs3)CC[C@@H]2N1CCc1ccccn1. The first-order valence-electron chi connectivity index (χ1n) is 9.24. The summed E-state index contributed by atoms with van der Waals surface area (Å²) in [4.78, 5) is 23.1. The first-order chi connectivity index (χ1) is 12.3. The number of aromatic nitrogens is 1. The van der Waals surface area contributed by atoms with Gasteiger partial charge in [-0.15, -0.1) is 11.3 Å². The highest BCUT2D eigenvalue weighted by atomic mass is 32.1. The molecule has 0 radical (unpaired) electrons. The molecule has 0 bridgehead atoms. The Morgan fingerprint density at radius 3 is 2.96 bits per heavy atom. The van der Waals surface area contributed by atoms with Gasteiger partial charge in [0.1, 0.15) is 0 Å². The Morgan fingerprint density at radius 2 is 2.16 bits per heavy atom. The first kappa shape index (κ1) is 16.7. The summed E-state index contributed by atoms with van der Waals surface area (Å²) in [6.07, 6.45) is 5.54. The Kier molecular flexibility index (Phi) is 5.13. The Bertz CT molecular complexity index is 688. The molecule has 0 aromatic carbocycles. The van der Waals surface area contributed by atoms with Crippen LogP contribution in [0.4, 0.5) is 0 Å². The summed E-state index contributed by atoms with van der Waals surface area (Å²) in [6.45, 7) is 4.08. The molecule has 4 rings (SSSR count). The van der Waals surface area contributed by atoms with Crippen molar-refractivity contribution in [3.05, 3.63) is 52.5 Å². The molecule has 0 N–H and O–H groups in total. The molecule has 2 aliphatic heterocycles. The Morgan fingerprint density at radius 1 is 1.20 bits per heavy atom. The van der Waals surface area contributed by atoms with Gasteiger partial charge in [0.2, 0.25) is 5.91 Å². The lowest BCUT2D eigenvalue weighted by Gasteiger charge is -2.47. The number of likely N-dealkylation sites (tertiary alicyclic amines) is 2. The maximum Gasteiger partial charge on any atom is 0.222 e. The van der Waals surface area contributed by atoms with Gasteiger partial charge in [0, 0.05) is 61.8 Å². The van der Waals surface area contributed by atoms with E-state index < -0.39 is 0 Å². The van der Waals surface area contributed by atoms with Gasteiger partial charge >= 0.3 is 0 Å². The summed E-state index contributed by atoms with van der Waals surface area (Å²) in [7, 11) is 0. The molecule has 2 aromatic heterocycles. The van der Waals surface area contributed by atoms with Gasteiger partial charge in [-0.3, -0.25) is 14.7 Å². The normalized spacial score (nSPS) is 24.3. The minimum atomic E-state index is 0.337. The highest BCUT2D eigenvalue weighted by Crippen LogP contribution is 2.32. The van der Waals surface area contributed by atoms with E-state index in [-0.39, 0.29) is 0 Å². The fourth-order valence-corrected chi connectivity index (χ4v) is 5.01. The van der Waals surface area contributed by atoms with E-state index in [9.17, 15) is 4.79 Å². The molecular weight excluding hydrogens is 330 g/mol. The second-order valence-electron chi connectivity index (χ2n) is 7.13. The fourth-order valence-electron chi connectivity index (χ4n) is 4.26. The van der Waals surface area contributed by atoms with E-state index >= 15 is 0 Å². The van der Waals surface area contributed by atoms with Crippen molar-refractivity contribution in [2.24, 2.45) is 5.92 Å². The second kappa shape index (κ2) is 7.67. The van der Waals surface area contributed by atoms with Gasteiger partial charge in [-0.1, -0.05) is 12.1 Å². The lowest BCUT2D eigenvalue weighted by atomic mass is 9.83. The number of fused-ring (bicyclic) bond motifs is 1. The molecule has 2 atom stereocenters. The predicted molar refractivity (Wildman–Crippen MR) is 100 cm³/mol. The maximum atomic E-state index is 12.5. The monoisotopic (exact) mass is 355 g/mol. The summed E-state index contributed by atoms with van der Waals surface area (Å²) < 4.78 is 0. The van der Waals surface area contributed by atoms with Crippen LogP contribution in [0.15, 0.2) is 41.9 Å². The van der Waals surface area contributed by atoms with E-state index in [1.54, 1.807) is 0 Å². The maximum absolute atomic E-state index is 12.5. The molecule has 1 amide bonds. The van der Waals surface area contributed by atoms with Crippen LogP contribution in [0, 0.1) is 5.92 Å². The predicted octanol–water partition coefficient (Wildman–Crippen LogP) is 3.20.